The van der Waals surface area contributed by atoms with Gasteiger partial charge in [0, 0.05) is 18.7 Å². The lowest BCUT2D eigenvalue weighted by Crippen LogP contribution is -2.35. The summed E-state index contributed by atoms with van der Waals surface area (Å²) in [6.07, 6.45) is 2.75. The molecule has 37 heavy (non-hydrogen) atoms. The van der Waals surface area contributed by atoms with E-state index < -0.39 is 15.9 Å². The van der Waals surface area contributed by atoms with E-state index in [9.17, 15) is 18.0 Å². The van der Waals surface area contributed by atoms with Crippen LogP contribution in [0.2, 0.25) is 0 Å². The van der Waals surface area contributed by atoms with Crippen molar-refractivity contribution in [3.8, 4) is 5.75 Å². The van der Waals surface area contributed by atoms with Gasteiger partial charge >= 0.3 is 0 Å². The molecule has 1 aliphatic heterocycles. The van der Waals surface area contributed by atoms with Gasteiger partial charge in [0.2, 0.25) is 21.1 Å². The number of rotatable bonds is 10. The number of ether oxygens (including phenoxy) is 1. The third-order valence-electron chi connectivity index (χ3n) is 5.48. The number of hydrogen-bond donors (Lipinski definition) is 2. The predicted molar refractivity (Wildman–Crippen MR) is 144 cm³/mol. The Morgan fingerprint density at radius 1 is 1.03 bits per heavy atom. The number of para-hydroxylation sites is 2. The van der Waals surface area contributed by atoms with E-state index in [1.807, 2.05) is 19.1 Å². The van der Waals surface area contributed by atoms with Gasteiger partial charge in [-0.05, 0) is 56.2 Å². The van der Waals surface area contributed by atoms with Gasteiger partial charge in [-0.1, -0.05) is 41.7 Å². The molecule has 1 saturated heterocycles. The lowest BCUT2D eigenvalue weighted by Gasteiger charge is -2.25. The Bertz CT molecular complexity index is 1340. The van der Waals surface area contributed by atoms with Crippen LogP contribution in [0.15, 0.2) is 57.8 Å². The number of carbonyl (C=O) groups excluding carboxylic acids is 2. The van der Waals surface area contributed by atoms with Crippen LogP contribution in [0, 0.1) is 0 Å². The van der Waals surface area contributed by atoms with E-state index in [-0.39, 0.29) is 21.7 Å². The zero-order chi connectivity index (χ0) is 26.3. The molecule has 0 aliphatic carbocycles. The van der Waals surface area contributed by atoms with E-state index in [1.54, 1.807) is 12.1 Å². The van der Waals surface area contributed by atoms with Crippen LogP contribution in [0.4, 0.5) is 10.8 Å². The number of hydrogen-bond acceptors (Lipinski definition) is 9. The second kappa shape index (κ2) is 12.5. The molecule has 2 aromatic carbocycles. The Morgan fingerprint density at radius 3 is 2.49 bits per heavy atom. The SMILES string of the molecule is CCOc1ccccc1NC(=O)CSc1nnc(NC(=O)c2ccc(S(=O)(=O)N3CCCCC3)cc2)s1. The number of amides is 2. The van der Waals surface area contributed by atoms with Gasteiger partial charge in [0.25, 0.3) is 5.91 Å². The van der Waals surface area contributed by atoms with Gasteiger partial charge in [0.1, 0.15) is 5.75 Å². The summed E-state index contributed by atoms with van der Waals surface area (Å²) in [5.41, 5.74) is 0.893. The van der Waals surface area contributed by atoms with Crippen molar-refractivity contribution in [2.75, 3.05) is 36.1 Å². The maximum atomic E-state index is 12.8. The van der Waals surface area contributed by atoms with Crippen LogP contribution in [0.1, 0.15) is 36.5 Å². The Labute approximate surface area is 223 Å². The van der Waals surface area contributed by atoms with E-state index >= 15 is 0 Å². The minimum atomic E-state index is -3.56. The minimum Gasteiger partial charge on any atom is -0.492 e. The molecule has 0 saturated carbocycles. The molecule has 2 amide bonds. The molecule has 0 radical (unpaired) electrons. The van der Waals surface area contributed by atoms with Crippen LogP contribution in [0.3, 0.4) is 0 Å². The van der Waals surface area contributed by atoms with Crippen molar-refractivity contribution in [1.29, 1.82) is 0 Å². The normalized spacial score (nSPS) is 14.2. The number of carbonyl (C=O) groups is 2. The maximum Gasteiger partial charge on any atom is 0.257 e. The summed E-state index contributed by atoms with van der Waals surface area (Å²) < 4.78 is 33.1. The van der Waals surface area contributed by atoms with Crippen molar-refractivity contribution in [3.63, 3.8) is 0 Å². The third kappa shape index (κ3) is 7.06. The molecule has 2 N–H and O–H groups in total. The number of piperidine rings is 1. The molecule has 2 heterocycles. The molecule has 1 fully saturated rings. The molecule has 0 bridgehead atoms. The number of nitrogens with zero attached hydrogens (tertiary/aromatic N) is 3. The van der Waals surface area contributed by atoms with E-state index in [0.717, 1.165) is 30.6 Å². The molecule has 3 aromatic rings. The van der Waals surface area contributed by atoms with Gasteiger partial charge in [-0.2, -0.15) is 4.31 Å². The van der Waals surface area contributed by atoms with Crippen molar-refractivity contribution in [2.24, 2.45) is 0 Å². The van der Waals surface area contributed by atoms with Crippen LogP contribution < -0.4 is 15.4 Å². The smallest absolute Gasteiger partial charge is 0.257 e. The number of aromatic nitrogens is 2. The largest absolute Gasteiger partial charge is 0.492 e. The topological polar surface area (TPSA) is 131 Å². The summed E-state index contributed by atoms with van der Waals surface area (Å²) in [5, 5.41) is 13.7. The first kappa shape index (κ1) is 27.0. The first-order valence-electron chi connectivity index (χ1n) is 11.8. The van der Waals surface area contributed by atoms with Crippen molar-refractivity contribution in [2.45, 2.75) is 35.4 Å². The lowest BCUT2D eigenvalue weighted by molar-refractivity contribution is -0.113. The highest BCUT2D eigenvalue weighted by Gasteiger charge is 2.26. The van der Waals surface area contributed by atoms with Crippen LogP contribution in [-0.2, 0) is 14.8 Å². The molecular formula is C24H27N5O5S3. The molecule has 0 spiro atoms. The zero-order valence-electron chi connectivity index (χ0n) is 20.2. The Hall–Kier alpha value is -3.00. The lowest BCUT2D eigenvalue weighted by atomic mass is 10.2. The second-order valence-corrected chi connectivity index (χ2v) is 12.2. The van der Waals surface area contributed by atoms with E-state index in [0.29, 0.717) is 41.0 Å². The molecule has 13 heteroatoms. The molecule has 196 valence electrons. The highest BCUT2D eigenvalue weighted by molar-refractivity contribution is 8.01. The van der Waals surface area contributed by atoms with Crippen molar-refractivity contribution < 1.29 is 22.7 Å². The summed E-state index contributed by atoms with van der Waals surface area (Å²) in [7, 11) is -3.56. The fourth-order valence-corrected chi connectivity index (χ4v) is 6.75. The second-order valence-electron chi connectivity index (χ2n) is 8.08. The van der Waals surface area contributed by atoms with Gasteiger partial charge in [-0.3, -0.25) is 14.9 Å². The molecule has 10 nitrogen and oxygen atoms in total. The fourth-order valence-electron chi connectivity index (χ4n) is 3.69. The molecule has 0 unspecified atom stereocenters. The maximum absolute atomic E-state index is 12.8. The van der Waals surface area contributed by atoms with Crippen LogP contribution in [-0.4, -0.2) is 60.2 Å². The quantitative estimate of drug-likeness (QED) is 0.280. The molecular weight excluding hydrogens is 534 g/mol. The summed E-state index contributed by atoms with van der Waals surface area (Å²) in [6.45, 7) is 3.40. The first-order chi connectivity index (χ1) is 17.9. The van der Waals surface area contributed by atoms with Crippen LogP contribution in [0.25, 0.3) is 0 Å². The van der Waals surface area contributed by atoms with E-state index in [2.05, 4.69) is 20.8 Å². The predicted octanol–water partition coefficient (Wildman–Crippen LogP) is 4.09. The van der Waals surface area contributed by atoms with Gasteiger partial charge < -0.3 is 10.1 Å². The Balaban J connectivity index is 1.30. The highest BCUT2D eigenvalue weighted by Crippen LogP contribution is 2.28. The molecule has 1 aromatic heterocycles. The monoisotopic (exact) mass is 561 g/mol. The summed E-state index contributed by atoms with van der Waals surface area (Å²) in [4.78, 5) is 25.2. The van der Waals surface area contributed by atoms with E-state index in [4.69, 9.17) is 4.74 Å². The van der Waals surface area contributed by atoms with Gasteiger partial charge in [0.05, 0.1) is 22.9 Å². The highest BCUT2D eigenvalue weighted by atomic mass is 32.2. The Kier molecular flexibility index (Phi) is 9.14. The summed E-state index contributed by atoms with van der Waals surface area (Å²) in [6, 6.07) is 13.0. The molecule has 4 rings (SSSR count). The Morgan fingerprint density at radius 2 is 1.76 bits per heavy atom. The number of thioether (sulfide) groups is 1. The van der Waals surface area contributed by atoms with Crippen LogP contribution in [0.5, 0.6) is 5.75 Å². The third-order valence-corrected chi connectivity index (χ3v) is 9.37. The molecule has 1 aliphatic rings. The number of sulfonamides is 1. The number of anilines is 2. The van der Waals surface area contributed by atoms with Gasteiger partial charge in [-0.15, -0.1) is 10.2 Å². The van der Waals surface area contributed by atoms with Crippen molar-refractivity contribution in [1.82, 2.24) is 14.5 Å². The van der Waals surface area contributed by atoms with Crippen LogP contribution >= 0.6 is 23.1 Å². The molecule has 0 atom stereocenters. The van der Waals surface area contributed by atoms with Gasteiger partial charge in [0.15, 0.2) is 4.34 Å². The standard InChI is InChI=1S/C24H27N5O5S3/c1-2-34-20-9-5-4-8-19(20)25-21(30)16-35-24-28-27-23(36-24)26-22(31)17-10-12-18(13-11-17)37(32,33)29-14-6-3-7-15-29/h4-5,8-13H,2-3,6-7,14-16H2,1H3,(H,25,30)(H,26,27,31). The average Bonchev–Trinajstić information content (AvgIpc) is 3.36. The summed E-state index contributed by atoms with van der Waals surface area (Å²) >= 11 is 2.34. The van der Waals surface area contributed by atoms with E-state index in [1.165, 1.54) is 40.3 Å². The zero-order valence-corrected chi connectivity index (χ0v) is 22.6. The number of benzene rings is 2. The minimum absolute atomic E-state index is 0.107. The van der Waals surface area contributed by atoms with Crippen molar-refractivity contribution >= 4 is 55.8 Å². The van der Waals surface area contributed by atoms with Crippen molar-refractivity contribution in [3.05, 3.63) is 54.1 Å². The average molecular weight is 562 g/mol. The summed E-state index contributed by atoms with van der Waals surface area (Å²) in [5.74, 6) is 0.0505. The van der Waals surface area contributed by atoms with Gasteiger partial charge in [-0.25, -0.2) is 8.42 Å². The first-order valence-corrected chi connectivity index (χ1v) is 15.0. The number of nitrogens with one attached hydrogen (secondary N) is 2. The fraction of sp³-hybridized carbons (Fsp3) is 0.333.